The molecule has 0 bridgehead atoms. The van der Waals surface area contributed by atoms with Gasteiger partial charge >= 0.3 is 0 Å². The normalized spacial score (nSPS) is 24.7. The number of hydrogen-bond acceptors (Lipinski definition) is 2. The molecule has 0 aromatic heterocycles. The molecule has 0 spiro atoms. The van der Waals surface area contributed by atoms with Gasteiger partial charge in [-0.3, -0.25) is 0 Å². The Kier molecular flexibility index (Phi) is 3.17. The maximum atomic E-state index is 14.3. The summed E-state index contributed by atoms with van der Waals surface area (Å²) in [4.78, 5) is 2.57. The number of piperidine rings is 1. The van der Waals surface area contributed by atoms with Crippen LogP contribution in [0, 0.1) is 11.6 Å². The Morgan fingerprint density at radius 1 is 1.17 bits per heavy atom. The first kappa shape index (κ1) is 14.4. The molecule has 1 N–H and O–H groups in total. The fraction of sp³-hybridized carbons (Fsp3) is 0.400. The van der Waals surface area contributed by atoms with E-state index in [9.17, 15) is 8.78 Å². The maximum absolute atomic E-state index is 14.3. The molecule has 24 heavy (non-hydrogen) atoms. The number of benzene rings is 2. The van der Waals surface area contributed by atoms with Gasteiger partial charge in [-0.25, -0.2) is 8.78 Å². The van der Waals surface area contributed by atoms with Crippen LogP contribution in [0.15, 0.2) is 30.3 Å². The number of fused-ring (bicyclic) bond motifs is 3. The van der Waals surface area contributed by atoms with Crippen molar-refractivity contribution < 1.29 is 8.78 Å². The molecule has 2 nitrogen and oxygen atoms in total. The van der Waals surface area contributed by atoms with Crippen LogP contribution >= 0.6 is 0 Å². The molecule has 0 radical (unpaired) electrons. The van der Waals surface area contributed by atoms with Gasteiger partial charge in [-0.05, 0) is 60.7 Å². The Hall–Kier alpha value is -1.94. The fourth-order valence-corrected chi connectivity index (χ4v) is 4.84. The highest BCUT2D eigenvalue weighted by Gasteiger charge is 2.42. The predicted molar refractivity (Wildman–Crippen MR) is 91.5 cm³/mol. The lowest BCUT2D eigenvalue weighted by Crippen LogP contribution is -2.45. The molecule has 3 aliphatic rings. The smallest absolute Gasteiger partial charge is 0.166 e. The summed E-state index contributed by atoms with van der Waals surface area (Å²) < 4.78 is 28.0. The van der Waals surface area contributed by atoms with E-state index in [1.165, 1.54) is 22.9 Å². The number of anilines is 1. The van der Waals surface area contributed by atoms with Crippen molar-refractivity contribution in [1.82, 2.24) is 5.32 Å². The standard InChI is InChI=1S/C20H20F2N2/c21-17-5-1-4-14(19(17)22)13-9-12-3-2-8-24-18-6-7-23-11-16(18)15(10-13)20(12)24/h1,4-5,9-10,16,18,23H,2-3,6-8,11H2/t16-,18-/m1/s1. The van der Waals surface area contributed by atoms with Crippen molar-refractivity contribution in [2.75, 3.05) is 24.5 Å². The second-order valence-corrected chi connectivity index (χ2v) is 7.14. The van der Waals surface area contributed by atoms with Crippen molar-refractivity contribution in [3.8, 4) is 11.1 Å². The average Bonchev–Trinajstić information content (AvgIpc) is 2.94. The van der Waals surface area contributed by atoms with Gasteiger partial charge in [0.05, 0.1) is 0 Å². The van der Waals surface area contributed by atoms with Crippen molar-refractivity contribution in [3.63, 3.8) is 0 Å². The maximum Gasteiger partial charge on any atom is 0.166 e. The minimum absolute atomic E-state index is 0.374. The van der Waals surface area contributed by atoms with Gasteiger partial charge < -0.3 is 10.2 Å². The first-order valence-corrected chi connectivity index (χ1v) is 8.82. The van der Waals surface area contributed by atoms with Crippen LogP contribution in [0.1, 0.15) is 29.9 Å². The predicted octanol–water partition coefficient (Wildman–Crippen LogP) is 3.84. The molecule has 4 heteroatoms. The van der Waals surface area contributed by atoms with Gasteiger partial charge in [-0.1, -0.05) is 12.1 Å². The van der Waals surface area contributed by atoms with Crippen LogP contribution in [0.2, 0.25) is 0 Å². The van der Waals surface area contributed by atoms with Crippen LogP contribution in [0.25, 0.3) is 11.1 Å². The summed E-state index contributed by atoms with van der Waals surface area (Å²) in [6, 6.07) is 9.19. The lowest BCUT2D eigenvalue weighted by molar-refractivity contribution is 0.400. The molecule has 0 saturated carbocycles. The number of nitrogens with one attached hydrogen (secondary N) is 1. The van der Waals surface area contributed by atoms with E-state index in [0.717, 1.165) is 44.5 Å². The highest BCUT2D eigenvalue weighted by Crippen LogP contribution is 2.49. The van der Waals surface area contributed by atoms with E-state index >= 15 is 0 Å². The zero-order valence-electron chi connectivity index (χ0n) is 13.5. The Bertz CT molecular complexity index is 818. The summed E-state index contributed by atoms with van der Waals surface area (Å²) in [6.45, 7) is 3.16. The van der Waals surface area contributed by atoms with Gasteiger partial charge in [-0.2, -0.15) is 0 Å². The van der Waals surface area contributed by atoms with Crippen LogP contribution in [-0.2, 0) is 6.42 Å². The first-order chi connectivity index (χ1) is 11.7. The van der Waals surface area contributed by atoms with E-state index < -0.39 is 11.6 Å². The third-order valence-corrected chi connectivity index (χ3v) is 5.86. The molecule has 2 atom stereocenters. The first-order valence-electron chi connectivity index (χ1n) is 8.82. The molecule has 2 aromatic carbocycles. The summed E-state index contributed by atoms with van der Waals surface area (Å²) in [6.07, 6.45) is 3.32. The van der Waals surface area contributed by atoms with Crippen LogP contribution in [0.3, 0.4) is 0 Å². The summed E-state index contributed by atoms with van der Waals surface area (Å²) in [7, 11) is 0. The Labute approximate surface area is 140 Å². The van der Waals surface area contributed by atoms with Crippen LogP contribution in [-0.4, -0.2) is 25.7 Å². The van der Waals surface area contributed by atoms with Gasteiger partial charge in [0.2, 0.25) is 0 Å². The molecule has 2 aromatic rings. The van der Waals surface area contributed by atoms with E-state index in [4.69, 9.17) is 0 Å². The van der Waals surface area contributed by atoms with E-state index in [2.05, 4.69) is 22.3 Å². The second kappa shape index (κ2) is 5.28. The van der Waals surface area contributed by atoms with Crippen molar-refractivity contribution >= 4 is 5.69 Å². The molecular weight excluding hydrogens is 306 g/mol. The lowest BCUT2D eigenvalue weighted by Gasteiger charge is -2.36. The van der Waals surface area contributed by atoms with E-state index in [1.54, 1.807) is 12.1 Å². The molecule has 124 valence electrons. The van der Waals surface area contributed by atoms with Crippen molar-refractivity contribution in [1.29, 1.82) is 0 Å². The Morgan fingerprint density at radius 3 is 3.00 bits per heavy atom. The van der Waals surface area contributed by atoms with Crippen LogP contribution < -0.4 is 10.2 Å². The highest BCUT2D eigenvalue weighted by atomic mass is 19.2. The number of hydrogen-bond donors (Lipinski definition) is 1. The second-order valence-electron chi connectivity index (χ2n) is 7.14. The molecule has 3 aliphatic heterocycles. The molecule has 0 unspecified atom stereocenters. The third kappa shape index (κ3) is 1.95. The molecule has 1 fully saturated rings. The largest absolute Gasteiger partial charge is 0.367 e. The molecule has 1 saturated heterocycles. The summed E-state index contributed by atoms with van der Waals surface area (Å²) >= 11 is 0. The molecule has 3 heterocycles. The SMILES string of the molecule is Fc1cccc(-c2cc3c4c(c2)[C@H]2CNCC[C@H]2N4CCC3)c1F. The molecular formula is C20H20F2N2. The van der Waals surface area contributed by atoms with Gasteiger partial charge in [-0.15, -0.1) is 0 Å². The highest BCUT2D eigenvalue weighted by molar-refractivity contribution is 5.76. The monoisotopic (exact) mass is 326 g/mol. The van der Waals surface area contributed by atoms with E-state index in [-0.39, 0.29) is 0 Å². The summed E-state index contributed by atoms with van der Waals surface area (Å²) in [5, 5.41) is 3.50. The van der Waals surface area contributed by atoms with E-state index in [1.807, 2.05) is 0 Å². The van der Waals surface area contributed by atoms with Gasteiger partial charge in [0, 0.05) is 36.3 Å². The minimum Gasteiger partial charge on any atom is -0.367 e. The fourth-order valence-electron chi connectivity index (χ4n) is 4.84. The Morgan fingerprint density at radius 2 is 2.08 bits per heavy atom. The van der Waals surface area contributed by atoms with Crippen LogP contribution in [0.5, 0.6) is 0 Å². The van der Waals surface area contributed by atoms with Crippen molar-refractivity contribution in [3.05, 3.63) is 53.1 Å². The van der Waals surface area contributed by atoms with Gasteiger partial charge in [0.1, 0.15) is 0 Å². The van der Waals surface area contributed by atoms with Gasteiger partial charge in [0.15, 0.2) is 11.6 Å². The third-order valence-electron chi connectivity index (χ3n) is 5.86. The lowest BCUT2D eigenvalue weighted by atomic mass is 9.87. The number of aryl methyl sites for hydroxylation is 1. The average molecular weight is 326 g/mol. The number of halogens is 2. The molecule has 5 rings (SSSR count). The summed E-state index contributed by atoms with van der Waals surface area (Å²) in [5.41, 5.74) is 5.18. The minimum atomic E-state index is -0.777. The van der Waals surface area contributed by atoms with Crippen LogP contribution in [0.4, 0.5) is 14.5 Å². The molecule has 0 aliphatic carbocycles. The van der Waals surface area contributed by atoms with Gasteiger partial charge in [0.25, 0.3) is 0 Å². The quantitative estimate of drug-likeness (QED) is 0.856. The van der Waals surface area contributed by atoms with Crippen molar-refractivity contribution in [2.45, 2.75) is 31.2 Å². The van der Waals surface area contributed by atoms with E-state index in [0.29, 0.717) is 17.5 Å². The zero-order chi connectivity index (χ0) is 16.3. The topological polar surface area (TPSA) is 15.3 Å². The Balaban J connectivity index is 1.70. The number of rotatable bonds is 1. The molecule has 0 amide bonds. The number of nitrogens with zero attached hydrogens (tertiary/aromatic N) is 1. The zero-order valence-corrected chi connectivity index (χ0v) is 13.5. The van der Waals surface area contributed by atoms with Crippen molar-refractivity contribution in [2.24, 2.45) is 0 Å². The summed E-state index contributed by atoms with van der Waals surface area (Å²) in [5.74, 6) is -1.06.